The number of carbonyl (C=O) groups excluding carboxylic acids is 5. The third-order valence-electron chi connectivity index (χ3n) is 10.1. The first-order valence-corrected chi connectivity index (χ1v) is 17.0. The number of ketones is 1. The maximum atomic E-state index is 13.6. The molecule has 6 rings (SSSR count). The molecule has 0 spiro atoms. The van der Waals surface area contributed by atoms with E-state index in [9.17, 15) is 28.8 Å². The highest BCUT2D eigenvalue weighted by Gasteiger charge is 2.38. The fourth-order valence-corrected chi connectivity index (χ4v) is 7.40. The summed E-state index contributed by atoms with van der Waals surface area (Å²) in [6, 6.07) is 8.87. The van der Waals surface area contributed by atoms with Crippen molar-refractivity contribution in [2.24, 2.45) is 17.8 Å². The van der Waals surface area contributed by atoms with E-state index in [4.69, 9.17) is 4.42 Å². The van der Waals surface area contributed by atoms with Crippen molar-refractivity contribution in [1.82, 2.24) is 20.5 Å². The monoisotopic (exact) mass is 657 g/mol. The minimum atomic E-state index is -1.29. The van der Waals surface area contributed by atoms with E-state index in [2.05, 4.69) is 28.2 Å². The van der Waals surface area contributed by atoms with Crippen LogP contribution in [0.25, 0.3) is 11.0 Å². The van der Waals surface area contributed by atoms with Gasteiger partial charge in [-0.1, -0.05) is 38.0 Å². The molecule has 4 unspecified atom stereocenters. The normalized spacial score (nSPS) is 22.4. The smallest absolute Gasteiger partial charge is 0.287 e. The van der Waals surface area contributed by atoms with Gasteiger partial charge < -0.3 is 30.3 Å². The highest BCUT2D eigenvalue weighted by Crippen LogP contribution is 2.42. The minimum Gasteiger partial charge on any atom is -0.451 e. The highest BCUT2D eigenvalue weighted by molar-refractivity contribution is 6.36. The number of anilines is 1. The average molecular weight is 658 g/mol. The largest absolute Gasteiger partial charge is 0.451 e. The lowest BCUT2D eigenvalue weighted by molar-refractivity contribution is -0.138. The maximum Gasteiger partial charge on any atom is 0.287 e. The third kappa shape index (κ3) is 7.53. The lowest BCUT2D eigenvalue weighted by Gasteiger charge is -2.44. The van der Waals surface area contributed by atoms with Gasteiger partial charge in [-0.2, -0.15) is 0 Å². The van der Waals surface area contributed by atoms with Gasteiger partial charge in [0.25, 0.3) is 17.4 Å². The summed E-state index contributed by atoms with van der Waals surface area (Å²) < 4.78 is 7.00. The van der Waals surface area contributed by atoms with Gasteiger partial charge in [0.05, 0.1) is 0 Å². The molecule has 3 aromatic rings. The Morgan fingerprint density at radius 3 is 2.54 bits per heavy atom. The molecule has 3 fully saturated rings. The standard InChI is InChI=1S/C36H43N5O7/c1-20-17-22-7-5-8-23(18-22)31(20)40-30(43)19-41-16-6-10-27(36(41)47)39-33(44)26(14-15-28(42)34(45)37-24-12-13-24)38-35(46)32-21(2)25-9-3-4-11-29(25)48-32/h3-4,6,9-11,16,20,22-24,26,31H,5,7-8,12-15,17-19H2,1-2H3,(H,37,45)(H,38,46)(H,39,44)(H,40,43)/t20?,22?,23?,26-,31?/m0/s1. The van der Waals surface area contributed by atoms with Gasteiger partial charge in [0.1, 0.15) is 23.9 Å². The van der Waals surface area contributed by atoms with E-state index >= 15 is 0 Å². The zero-order valence-corrected chi connectivity index (χ0v) is 27.4. The van der Waals surface area contributed by atoms with E-state index in [-0.39, 0.29) is 48.8 Å². The Kier molecular flexibility index (Phi) is 9.79. The number of nitrogens with zero attached hydrogens (tertiary/aromatic N) is 1. The number of fused-ring (bicyclic) bond motifs is 3. The van der Waals surface area contributed by atoms with Crippen molar-refractivity contribution in [1.29, 1.82) is 0 Å². The maximum absolute atomic E-state index is 13.6. The van der Waals surface area contributed by atoms with Crippen molar-refractivity contribution in [2.75, 3.05) is 5.32 Å². The zero-order valence-electron chi connectivity index (χ0n) is 27.4. The molecule has 2 aromatic heterocycles. The van der Waals surface area contributed by atoms with Crippen LogP contribution in [0.1, 0.15) is 80.8 Å². The van der Waals surface area contributed by atoms with Crippen molar-refractivity contribution in [3.05, 3.63) is 64.3 Å². The molecule has 2 bridgehead atoms. The van der Waals surface area contributed by atoms with E-state index in [0.717, 1.165) is 43.4 Å². The SMILES string of the molecule is Cc1c(C(=O)N[C@@H](CCC(=O)C(=O)NC2CC2)C(=O)Nc2cccn(CC(=O)NC3C(C)CC4CCCC3C4)c2=O)oc2ccccc12. The zero-order chi connectivity index (χ0) is 33.9. The molecule has 4 N–H and O–H groups in total. The van der Waals surface area contributed by atoms with Gasteiger partial charge in [0.2, 0.25) is 17.6 Å². The highest BCUT2D eigenvalue weighted by atomic mass is 16.3. The number of carbonyl (C=O) groups is 5. The number of hydrogen-bond donors (Lipinski definition) is 4. The van der Waals surface area contributed by atoms with E-state index in [1.807, 2.05) is 12.1 Å². The van der Waals surface area contributed by atoms with Gasteiger partial charge in [-0.05, 0) is 81.4 Å². The first-order chi connectivity index (χ1) is 23.1. The van der Waals surface area contributed by atoms with Crippen LogP contribution in [0.15, 0.2) is 51.8 Å². The predicted octanol–water partition coefficient (Wildman–Crippen LogP) is 3.60. The Balaban J connectivity index is 1.14. The number of aryl methyl sites for hydroxylation is 1. The average Bonchev–Trinajstić information content (AvgIpc) is 3.82. The van der Waals surface area contributed by atoms with Crippen LogP contribution in [0.5, 0.6) is 0 Å². The van der Waals surface area contributed by atoms with Crippen LogP contribution < -0.4 is 26.8 Å². The Labute approximate surface area is 278 Å². The number of aromatic nitrogens is 1. The van der Waals surface area contributed by atoms with Crippen LogP contribution >= 0.6 is 0 Å². The first kappa shape index (κ1) is 33.2. The molecule has 12 nitrogen and oxygen atoms in total. The van der Waals surface area contributed by atoms with Crippen LogP contribution in [0.3, 0.4) is 0 Å². The number of rotatable bonds is 12. The second kappa shape index (κ2) is 14.2. The lowest BCUT2D eigenvalue weighted by atomic mass is 9.65. The summed E-state index contributed by atoms with van der Waals surface area (Å²) in [6.07, 6.45) is 8.35. The first-order valence-electron chi connectivity index (χ1n) is 17.0. The van der Waals surface area contributed by atoms with Crippen molar-refractivity contribution in [2.45, 2.75) is 96.3 Å². The number of hydrogen-bond acceptors (Lipinski definition) is 7. The van der Waals surface area contributed by atoms with Crippen molar-refractivity contribution < 1.29 is 28.4 Å². The van der Waals surface area contributed by atoms with Crippen LogP contribution in [0.4, 0.5) is 5.69 Å². The molecule has 2 heterocycles. The summed E-state index contributed by atoms with van der Waals surface area (Å²) in [7, 11) is 0. The van der Waals surface area contributed by atoms with Gasteiger partial charge in [-0.25, -0.2) is 0 Å². The van der Waals surface area contributed by atoms with E-state index in [1.165, 1.54) is 29.7 Å². The topological polar surface area (TPSA) is 169 Å². The van der Waals surface area contributed by atoms with Crippen molar-refractivity contribution >= 4 is 46.1 Å². The summed E-state index contributed by atoms with van der Waals surface area (Å²) >= 11 is 0. The summed E-state index contributed by atoms with van der Waals surface area (Å²) in [5.41, 5.74) is 0.405. The molecule has 0 aliphatic heterocycles. The number of para-hydroxylation sites is 1. The van der Waals surface area contributed by atoms with Gasteiger partial charge in [0.15, 0.2) is 5.76 Å². The number of furan rings is 1. The second-order valence-corrected chi connectivity index (χ2v) is 13.7. The third-order valence-corrected chi connectivity index (χ3v) is 10.1. The van der Waals surface area contributed by atoms with E-state index < -0.39 is 35.1 Å². The number of benzene rings is 1. The number of amides is 4. The number of Topliss-reactive ketones (excluding diaryl/α,β-unsaturated/α-hetero) is 1. The van der Waals surface area contributed by atoms with Crippen molar-refractivity contribution in [3.8, 4) is 0 Å². The molecule has 0 saturated heterocycles. The van der Waals surface area contributed by atoms with Crippen LogP contribution in [0, 0.1) is 24.7 Å². The van der Waals surface area contributed by atoms with E-state index in [0.29, 0.717) is 23.0 Å². The number of nitrogens with one attached hydrogen (secondary N) is 4. The van der Waals surface area contributed by atoms with Crippen LogP contribution in [-0.2, 0) is 25.7 Å². The Bertz CT molecular complexity index is 1790. The fraction of sp³-hybridized carbons (Fsp3) is 0.500. The summed E-state index contributed by atoms with van der Waals surface area (Å²) in [5, 5.41) is 11.8. The van der Waals surface area contributed by atoms with Crippen molar-refractivity contribution in [3.63, 3.8) is 0 Å². The minimum absolute atomic E-state index is 0.00988. The fourth-order valence-electron chi connectivity index (χ4n) is 7.40. The lowest BCUT2D eigenvalue weighted by Crippen LogP contribution is -2.50. The summed E-state index contributed by atoms with van der Waals surface area (Å²) in [5.74, 6) is -1.60. The summed E-state index contributed by atoms with van der Waals surface area (Å²) in [6.45, 7) is 3.69. The molecule has 4 amide bonds. The Morgan fingerprint density at radius 2 is 1.77 bits per heavy atom. The predicted molar refractivity (Wildman–Crippen MR) is 178 cm³/mol. The Morgan fingerprint density at radius 1 is 0.979 bits per heavy atom. The van der Waals surface area contributed by atoms with Gasteiger partial charge >= 0.3 is 0 Å². The van der Waals surface area contributed by atoms with E-state index in [1.54, 1.807) is 25.1 Å². The van der Waals surface area contributed by atoms with Gasteiger partial charge in [-0.3, -0.25) is 28.8 Å². The molecule has 1 aromatic carbocycles. The van der Waals surface area contributed by atoms with Gasteiger partial charge in [0, 0.05) is 35.7 Å². The molecule has 3 saturated carbocycles. The van der Waals surface area contributed by atoms with Crippen LogP contribution in [-0.4, -0.2) is 52.1 Å². The molecule has 12 heteroatoms. The molecule has 3 aliphatic carbocycles. The molecular weight excluding hydrogens is 614 g/mol. The Hall–Kier alpha value is -4.74. The molecule has 48 heavy (non-hydrogen) atoms. The molecular formula is C36H43N5O7. The molecule has 3 aliphatic rings. The molecule has 254 valence electrons. The second-order valence-electron chi connectivity index (χ2n) is 13.7. The molecule has 0 radical (unpaired) electrons. The number of pyridine rings is 1. The summed E-state index contributed by atoms with van der Waals surface area (Å²) in [4.78, 5) is 78.4. The quantitative estimate of drug-likeness (QED) is 0.216. The molecule has 5 atom stereocenters. The van der Waals surface area contributed by atoms with Gasteiger partial charge in [-0.15, -0.1) is 0 Å². The van der Waals surface area contributed by atoms with Crippen LogP contribution in [0.2, 0.25) is 0 Å².